The van der Waals surface area contributed by atoms with Gasteiger partial charge in [-0.1, -0.05) is 0 Å². The predicted octanol–water partition coefficient (Wildman–Crippen LogP) is 0.796. The molecule has 0 aliphatic carbocycles. The van der Waals surface area contributed by atoms with E-state index < -0.39 is 5.97 Å². The Balaban J connectivity index is 2.38. The first-order valence-electron chi connectivity index (χ1n) is 4.88. The van der Waals surface area contributed by atoms with Crippen LogP contribution in [0.5, 0.6) is 0 Å². The molecule has 1 N–H and O–H groups in total. The molecule has 1 aromatic rings. The fourth-order valence-electron chi connectivity index (χ4n) is 1.13. The molecule has 0 unspecified atom stereocenters. The van der Waals surface area contributed by atoms with Crippen LogP contribution in [-0.4, -0.2) is 41.6 Å². The second-order valence-electron chi connectivity index (χ2n) is 3.67. The van der Waals surface area contributed by atoms with Gasteiger partial charge in [0.2, 0.25) is 0 Å². The number of hydrogen-bond acceptors (Lipinski definition) is 4. The maximum atomic E-state index is 10.3. The van der Waals surface area contributed by atoms with Crippen LogP contribution in [0.25, 0.3) is 0 Å². The number of oxazole rings is 1. The highest BCUT2D eigenvalue weighted by Gasteiger charge is 2.06. The van der Waals surface area contributed by atoms with E-state index in [9.17, 15) is 4.79 Å². The van der Waals surface area contributed by atoms with Crippen molar-refractivity contribution in [3.8, 4) is 0 Å². The lowest BCUT2D eigenvalue weighted by Gasteiger charge is -2.05. The van der Waals surface area contributed by atoms with Crippen molar-refractivity contribution in [3.05, 3.63) is 17.8 Å². The Labute approximate surface area is 88.7 Å². The Morgan fingerprint density at radius 1 is 1.53 bits per heavy atom. The fourth-order valence-corrected chi connectivity index (χ4v) is 1.13. The first-order valence-corrected chi connectivity index (χ1v) is 4.88. The lowest BCUT2D eigenvalue weighted by molar-refractivity contribution is -0.137. The molecule has 15 heavy (non-hydrogen) atoms. The number of likely N-dealkylation sites (N-methyl/N-ethyl adjacent to an activating group) is 1. The van der Waals surface area contributed by atoms with E-state index in [-0.39, 0.29) is 6.42 Å². The largest absolute Gasteiger partial charge is 0.481 e. The molecule has 0 aliphatic heterocycles. The van der Waals surface area contributed by atoms with Crippen molar-refractivity contribution in [3.63, 3.8) is 0 Å². The van der Waals surface area contributed by atoms with Gasteiger partial charge in [0, 0.05) is 19.4 Å². The van der Waals surface area contributed by atoms with Gasteiger partial charge in [0.05, 0.1) is 12.6 Å². The third-order valence-electron chi connectivity index (χ3n) is 1.96. The van der Waals surface area contributed by atoms with Crippen molar-refractivity contribution in [1.82, 2.24) is 9.88 Å². The summed E-state index contributed by atoms with van der Waals surface area (Å²) in [5, 5.41) is 8.49. The zero-order valence-corrected chi connectivity index (χ0v) is 9.06. The molecule has 1 aromatic heterocycles. The molecule has 0 radical (unpaired) electrons. The minimum absolute atomic E-state index is 0.0856. The first-order chi connectivity index (χ1) is 7.08. The second kappa shape index (κ2) is 5.50. The highest BCUT2D eigenvalue weighted by molar-refractivity contribution is 5.66. The van der Waals surface area contributed by atoms with Gasteiger partial charge >= 0.3 is 5.97 Å². The summed E-state index contributed by atoms with van der Waals surface area (Å²) in [4.78, 5) is 16.4. The lowest BCUT2D eigenvalue weighted by atomic mass is 10.3. The number of carboxylic acid groups (broad SMARTS) is 1. The van der Waals surface area contributed by atoms with E-state index in [0.29, 0.717) is 18.1 Å². The minimum Gasteiger partial charge on any atom is -0.481 e. The molecule has 0 aliphatic rings. The van der Waals surface area contributed by atoms with Gasteiger partial charge in [-0.05, 0) is 14.1 Å². The number of aromatic nitrogens is 1. The molecule has 0 spiro atoms. The van der Waals surface area contributed by atoms with Crippen molar-refractivity contribution in [1.29, 1.82) is 0 Å². The normalized spacial score (nSPS) is 10.9. The van der Waals surface area contributed by atoms with E-state index in [4.69, 9.17) is 9.52 Å². The van der Waals surface area contributed by atoms with Gasteiger partial charge in [0.1, 0.15) is 5.76 Å². The van der Waals surface area contributed by atoms with Gasteiger partial charge in [0.15, 0.2) is 5.89 Å². The maximum absolute atomic E-state index is 10.3. The quantitative estimate of drug-likeness (QED) is 0.755. The van der Waals surface area contributed by atoms with Gasteiger partial charge in [0.25, 0.3) is 0 Å². The minimum atomic E-state index is -0.818. The summed E-state index contributed by atoms with van der Waals surface area (Å²) < 4.78 is 5.38. The van der Waals surface area contributed by atoms with Crippen molar-refractivity contribution in [2.45, 2.75) is 19.3 Å². The molecule has 1 heterocycles. The van der Waals surface area contributed by atoms with Crippen LogP contribution in [0.15, 0.2) is 10.6 Å². The van der Waals surface area contributed by atoms with Crippen LogP contribution in [0.2, 0.25) is 0 Å². The van der Waals surface area contributed by atoms with E-state index >= 15 is 0 Å². The van der Waals surface area contributed by atoms with Crippen LogP contribution in [-0.2, 0) is 17.6 Å². The zero-order valence-electron chi connectivity index (χ0n) is 9.06. The summed E-state index contributed by atoms with van der Waals surface area (Å²) in [5.41, 5.74) is 0. The Morgan fingerprint density at radius 3 is 2.87 bits per heavy atom. The van der Waals surface area contributed by atoms with Crippen molar-refractivity contribution in [2.75, 3.05) is 20.6 Å². The SMILES string of the molecule is CN(C)CCc1ncc(CCC(=O)O)o1. The van der Waals surface area contributed by atoms with Crippen LogP contribution in [0.4, 0.5) is 0 Å². The molecule has 0 bridgehead atoms. The molecule has 0 atom stereocenters. The summed E-state index contributed by atoms with van der Waals surface area (Å²) >= 11 is 0. The Kier molecular flexibility index (Phi) is 4.30. The fraction of sp³-hybridized carbons (Fsp3) is 0.600. The van der Waals surface area contributed by atoms with E-state index in [1.165, 1.54) is 0 Å². The van der Waals surface area contributed by atoms with Crippen LogP contribution < -0.4 is 0 Å². The first kappa shape index (κ1) is 11.7. The molecular formula is C10H16N2O3. The summed E-state index contributed by atoms with van der Waals surface area (Å²) in [6, 6.07) is 0. The van der Waals surface area contributed by atoms with Crippen LogP contribution >= 0.6 is 0 Å². The van der Waals surface area contributed by atoms with Crippen molar-refractivity contribution < 1.29 is 14.3 Å². The smallest absolute Gasteiger partial charge is 0.303 e. The average Bonchev–Trinajstić information content (AvgIpc) is 2.59. The number of carbonyl (C=O) groups is 1. The average molecular weight is 212 g/mol. The Morgan fingerprint density at radius 2 is 2.27 bits per heavy atom. The number of aryl methyl sites for hydroxylation is 1. The zero-order chi connectivity index (χ0) is 11.3. The third-order valence-corrected chi connectivity index (χ3v) is 1.96. The molecule has 0 aromatic carbocycles. The van der Waals surface area contributed by atoms with Crippen LogP contribution in [0.1, 0.15) is 18.1 Å². The summed E-state index contributed by atoms with van der Waals surface area (Å²) in [6.07, 6.45) is 2.85. The molecule has 1 rings (SSSR count). The highest BCUT2D eigenvalue weighted by atomic mass is 16.4. The second-order valence-corrected chi connectivity index (χ2v) is 3.67. The molecular weight excluding hydrogens is 196 g/mol. The van der Waals surface area contributed by atoms with Gasteiger partial charge in [-0.15, -0.1) is 0 Å². The van der Waals surface area contributed by atoms with Gasteiger partial charge in [-0.2, -0.15) is 0 Å². The monoisotopic (exact) mass is 212 g/mol. The number of hydrogen-bond donors (Lipinski definition) is 1. The van der Waals surface area contributed by atoms with Crippen molar-refractivity contribution >= 4 is 5.97 Å². The summed E-state index contributed by atoms with van der Waals surface area (Å²) in [5.74, 6) is 0.497. The van der Waals surface area contributed by atoms with Crippen LogP contribution in [0.3, 0.4) is 0 Å². The molecule has 0 amide bonds. The van der Waals surface area contributed by atoms with Crippen molar-refractivity contribution in [2.24, 2.45) is 0 Å². The van der Waals surface area contributed by atoms with E-state index in [1.54, 1.807) is 6.20 Å². The topological polar surface area (TPSA) is 66.6 Å². The van der Waals surface area contributed by atoms with Gasteiger partial charge in [-0.3, -0.25) is 4.79 Å². The number of carboxylic acids is 1. The molecule has 0 saturated heterocycles. The summed E-state index contributed by atoms with van der Waals surface area (Å²) in [7, 11) is 3.96. The lowest BCUT2D eigenvalue weighted by Crippen LogP contribution is -2.15. The van der Waals surface area contributed by atoms with Gasteiger partial charge in [-0.25, -0.2) is 4.98 Å². The van der Waals surface area contributed by atoms with E-state index in [2.05, 4.69) is 4.98 Å². The highest BCUT2D eigenvalue weighted by Crippen LogP contribution is 2.07. The van der Waals surface area contributed by atoms with E-state index in [1.807, 2.05) is 19.0 Å². The Bertz CT molecular complexity index is 320. The number of nitrogens with zero attached hydrogens (tertiary/aromatic N) is 2. The van der Waals surface area contributed by atoms with Gasteiger partial charge < -0.3 is 14.4 Å². The molecule has 5 nitrogen and oxygen atoms in total. The standard InChI is InChI=1S/C10H16N2O3/c1-12(2)6-5-9-11-7-8(15-9)3-4-10(13)14/h7H,3-6H2,1-2H3,(H,13,14). The van der Waals surface area contributed by atoms with E-state index in [0.717, 1.165) is 13.0 Å². The van der Waals surface area contributed by atoms with Crippen LogP contribution in [0, 0.1) is 0 Å². The Hall–Kier alpha value is -1.36. The molecule has 5 heteroatoms. The predicted molar refractivity (Wildman–Crippen MR) is 54.7 cm³/mol. The maximum Gasteiger partial charge on any atom is 0.303 e. The number of rotatable bonds is 6. The molecule has 84 valence electrons. The summed E-state index contributed by atoms with van der Waals surface area (Å²) in [6.45, 7) is 0.874. The molecule has 0 saturated carbocycles. The third kappa shape index (κ3) is 4.60. The number of aliphatic carboxylic acids is 1. The molecule has 0 fully saturated rings.